The highest BCUT2D eigenvalue weighted by atomic mass is 16.3. The SMILES string of the molecule is Cc1cc2c(O)c(c1)C(C)c1cc(C)cc(c1O)Cc1cc(C(C)(C)C)cc(c1O)Cc1cc(C(C)(C)C)cc(c1O)C2. The van der Waals surface area contributed by atoms with Gasteiger partial charge in [-0.15, -0.1) is 0 Å². The van der Waals surface area contributed by atoms with E-state index >= 15 is 0 Å². The van der Waals surface area contributed by atoms with Crippen LogP contribution < -0.4 is 0 Å². The molecule has 4 heteroatoms. The van der Waals surface area contributed by atoms with Gasteiger partial charge in [0.15, 0.2) is 0 Å². The van der Waals surface area contributed by atoms with Gasteiger partial charge in [-0.25, -0.2) is 0 Å². The zero-order valence-electron chi connectivity index (χ0n) is 27.1. The third-order valence-corrected chi connectivity index (χ3v) is 9.07. The summed E-state index contributed by atoms with van der Waals surface area (Å²) in [5.41, 5.74) is 9.71. The number of fused-ring (bicyclic) bond motifs is 8. The lowest BCUT2D eigenvalue weighted by atomic mass is 9.80. The molecule has 0 radical (unpaired) electrons. The molecule has 0 saturated heterocycles. The van der Waals surface area contributed by atoms with E-state index in [-0.39, 0.29) is 39.7 Å². The van der Waals surface area contributed by atoms with E-state index < -0.39 is 0 Å². The van der Waals surface area contributed by atoms with E-state index in [4.69, 9.17) is 0 Å². The Kier molecular flexibility index (Phi) is 7.57. The fourth-order valence-electron chi connectivity index (χ4n) is 6.41. The normalized spacial score (nSPS) is 14.2. The van der Waals surface area contributed by atoms with Gasteiger partial charge in [0.25, 0.3) is 0 Å². The first kappa shape index (κ1) is 30.5. The summed E-state index contributed by atoms with van der Waals surface area (Å²) >= 11 is 0. The van der Waals surface area contributed by atoms with Crippen molar-refractivity contribution < 1.29 is 20.4 Å². The lowest BCUT2D eigenvalue weighted by Crippen LogP contribution is -2.14. The summed E-state index contributed by atoms with van der Waals surface area (Å²) in [6, 6.07) is 16.1. The highest BCUT2D eigenvalue weighted by molar-refractivity contribution is 5.59. The Hall–Kier alpha value is -3.92. The molecule has 4 nitrogen and oxygen atoms in total. The molecule has 4 N–H and O–H groups in total. The standard InChI is InChI=1S/C39H46O4/c1-21-10-24-14-26-17-30(38(4,5)6)19-28(34(26)40)16-29-20-31(39(7,8)9)18-27(35(29)41)15-25-11-22(2)13-33(37(25)43)23(3)32(12-21)36(24)42/h10-13,17-20,23,40-43H,14-16H2,1-9H3. The number of aryl methyl sites for hydroxylation is 2. The monoisotopic (exact) mass is 578 g/mol. The Morgan fingerprint density at radius 1 is 0.465 bits per heavy atom. The highest BCUT2D eigenvalue weighted by Crippen LogP contribution is 2.44. The first-order valence-electron chi connectivity index (χ1n) is 15.3. The second-order valence-electron chi connectivity index (χ2n) is 14.8. The fraction of sp³-hybridized carbons (Fsp3) is 0.385. The summed E-state index contributed by atoms with van der Waals surface area (Å²) in [5, 5.41) is 46.7. The van der Waals surface area contributed by atoms with E-state index in [0.29, 0.717) is 19.3 Å². The van der Waals surface area contributed by atoms with E-state index in [9.17, 15) is 20.4 Å². The van der Waals surface area contributed by atoms with Gasteiger partial charge in [0.2, 0.25) is 0 Å². The molecular weight excluding hydrogens is 532 g/mol. The Morgan fingerprint density at radius 2 is 0.744 bits per heavy atom. The van der Waals surface area contributed by atoms with E-state index in [1.165, 1.54) is 0 Å². The van der Waals surface area contributed by atoms with Gasteiger partial charge < -0.3 is 20.4 Å². The highest BCUT2D eigenvalue weighted by Gasteiger charge is 2.26. The van der Waals surface area contributed by atoms with E-state index in [0.717, 1.165) is 66.8 Å². The Bertz CT molecular complexity index is 1600. The van der Waals surface area contributed by atoms with Crippen LogP contribution in [0, 0.1) is 13.8 Å². The zero-order valence-corrected chi connectivity index (χ0v) is 27.1. The van der Waals surface area contributed by atoms with Gasteiger partial charge in [-0.3, -0.25) is 0 Å². The molecule has 8 bridgehead atoms. The third-order valence-electron chi connectivity index (χ3n) is 9.07. The quantitative estimate of drug-likeness (QED) is 0.168. The molecule has 0 spiro atoms. The van der Waals surface area contributed by atoms with Crippen molar-refractivity contribution in [3.8, 4) is 23.0 Å². The molecule has 0 atom stereocenters. The number of phenolic OH excluding ortho intramolecular Hbond substituents is 4. The Balaban J connectivity index is 1.86. The molecule has 4 aromatic carbocycles. The van der Waals surface area contributed by atoms with Crippen LogP contribution in [0.25, 0.3) is 0 Å². The second-order valence-corrected chi connectivity index (χ2v) is 14.8. The topological polar surface area (TPSA) is 80.9 Å². The van der Waals surface area contributed by atoms with Crippen LogP contribution >= 0.6 is 0 Å². The lowest BCUT2D eigenvalue weighted by molar-refractivity contribution is 0.446. The molecule has 5 rings (SSSR count). The molecule has 1 aliphatic carbocycles. The summed E-state index contributed by atoms with van der Waals surface area (Å²) in [4.78, 5) is 0. The largest absolute Gasteiger partial charge is 0.507 e. The maximum absolute atomic E-state index is 11.7. The number of hydrogen-bond donors (Lipinski definition) is 4. The summed E-state index contributed by atoms with van der Waals surface area (Å²) < 4.78 is 0. The molecule has 43 heavy (non-hydrogen) atoms. The van der Waals surface area contributed by atoms with E-state index in [2.05, 4.69) is 41.5 Å². The molecule has 0 fully saturated rings. The van der Waals surface area contributed by atoms with Crippen LogP contribution in [0.15, 0.2) is 48.5 Å². The van der Waals surface area contributed by atoms with Gasteiger partial charge >= 0.3 is 0 Å². The molecule has 0 unspecified atom stereocenters. The van der Waals surface area contributed by atoms with Crippen LogP contribution in [-0.2, 0) is 30.1 Å². The third kappa shape index (κ3) is 5.85. The van der Waals surface area contributed by atoms with Gasteiger partial charge in [-0.2, -0.15) is 0 Å². The van der Waals surface area contributed by atoms with Crippen LogP contribution in [0.1, 0.15) is 121 Å². The van der Waals surface area contributed by atoms with Crippen LogP contribution in [-0.4, -0.2) is 20.4 Å². The number of rotatable bonds is 0. The predicted molar refractivity (Wildman–Crippen MR) is 175 cm³/mol. The molecular formula is C39H46O4. The van der Waals surface area contributed by atoms with Crippen LogP contribution in [0.3, 0.4) is 0 Å². The average molecular weight is 579 g/mol. The molecule has 0 aliphatic heterocycles. The van der Waals surface area contributed by atoms with Crippen LogP contribution in [0.2, 0.25) is 0 Å². The van der Waals surface area contributed by atoms with Crippen molar-refractivity contribution in [3.05, 3.63) is 115 Å². The molecule has 0 amide bonds. The van der Waals surface area contributed by atoms with E-state index in [1.54, 1.807) is 0 Å². The maximum Gasteiger partial charge on any atom is 0.122 e. The minimum absolute atomic E-state index is 0.176. The molecule has 0 saturated carbocycles. The smallest absolute Gasteiger partial charge is 0.122 e. The Labute approximate surface area is 256 Å². The number of benzene rings is 4. The maximum atomic E-state index is 11.7. The van der Waals surface area contributed by atoms with Crippen molar-refractivity contribution >= 4 is 0 Å². The number of hydrogen-bond acceptors (Lipinski definition) is 4. The summed E-state index contributed by atoms with van der Waals surface area (Å²) in [6.45, 7) is 19.0. The van der Waals surface area contributed by atoms with Crippen molar-refractivity contribution in [1.82, 2.24) is 0 Å². The van der Waals surface area contributed by atoms with Crippen molar-refractivity contribution in [3.63, 3.8) is 0 Å². The van der Waals surface area contributed by atoms with Gasteiger partial charge in [-0.1, -0.05) is 108 Å². The second kappa shape index (κ2) is 10.7. The lowest BCUT2D eigenvalue weighted by Gasteiger charge is -2.26. The predicted octanol–water partition coefficient (Wildman–Crippen LogP) is 8.96. The molecule has 226 valence electrons. The molecule has 0 heterocycles. The van der Waals surface area contributed by atoms with Crippen molar-refractivity contribution in [2.45, 2.75) is 98.3 Å². The summed E-state index contributed by atoms with van der Waals surface area (Å²) in [5.74, 6) is 0.465. The molecule has 0 aromatic heterocycles. The molecule has 1 aliphatic rings. The van der Waals surface area contributed by atoms with Crippen molar-refractivity contribution in [2.75, 3.05) is 0 Å². The number of aromatic hydroxyl groups is 4. The van der Waals surface area contributed by atoms with Crippen molar-refractivity contribution in [2.24, 2.45) is 0 Å². The Morgan fingerprint density at radius 3 is 1.02 bits per heavy atom. The molecule has 4 aromatic rings. The average Bonchev–Trinajstić information content (AvgIpc) is 2.89. The van der Waals surface area contributed by atoms with Gasteiger partial charge in [0, 0.05) is 36.3 Å². The van der Waals surface area contributed by atoms with Crippen LogP contribution in [0.4, 0.5) is 0 Å². The number of phenols is 4. The van der Waals surface area contributed by atoms with Crippen LogP contribution in [0.5, 0.6) is 23.0 Å². The first-order valence-corrected chi connectivity index (χ1v) is 15.3. The van der Waals surface area contributed by atoms with E-state index in [1.807, 2.05) is 69.3 Å². The van der Waals surface area contributed by atoms with Gasteiger partial charge in [0.1, 0.15) is 23.0 Å². The first-order chi connectivity index (χ1) is 19.9. The summed E-state index contributed by atoms with van der Waals surface area (Å²) in [7, 11) is 0. The van der Waals surface area contributed by atoms with Gasteiger partial charge in [0.05, 0.1) is 0 Å². The summed E-state index contributed by atoms with van der Waals surface area (Å²) in [6.07, 6.45) is 1.04. The minimum atomic E-state index is -0.291. The van der Waals surface area contributed by atoms with Crippen molar-refractivity contribution in [1.29, 1.82) is 0 Å². The fourth-order valence-corrected chi connectivity index (χ4v) is 6.41. The minimum Gasteiger partial charge on any atom is -0.507 e. The zero-order chi connectivity index (χ0) is 31.6. The van der Waals surface area contributed by atoms with Gasteiger partial charge in [-0.05, 0) is 69.2 Å².